The third kappa shape index (κ3) is 2.60. The van der Waals surface area contributed by atoms with E-state index < -0.39 is 0 Å². The summed E-state index contributed by atoms with van der Waals surface area (Å²) in [6.07, 6.45) is 2.68. The van der Waals surface area contributed by atoms with Crippen molar-refractivity contribution in [3.63, 3.8) is 0 Å². The summed E-state index contributed by atoms with van der Waals surface area (Å²) >= 11 is 0. The molecule has 0 atom stereocenters. The number of benzene rings is 1. The van der Waals surface area contributed by atoms with Crippen molar-refractivity contribution in [3.8, 4) is 5.75 Å². The van der Waals surface area contributed by atoms with E-state index in [1.165, 1.54) is 5.56 Å². The number of carbonyl (C=O) groups is 1. The summed E-state index contributed by atoms with van der Waals surface area (Å²) in [5.74, 6) is 1.02. The molecule has 2 rings (SSSR count). The van der Waals surface area contributed by atoms with Crippen molar-refractivity contribution in [1.29, 1.82) is 0 Å². The maximum atomic E-state index is 11.8. The number of hydrogen-bond acceptors (Lipinski definition) is 2. The van der Waals surface area contributed by atoms with Crippen LogP contribution in [0.15, 0.2) is 18.2 Å². The van der Waals surface area contributed by atoms with Gasteiger partial charge in [-0.15, -0.1) is 0 Å². The number of nitrogens with zero attached hydrogens (tertiary/aromatic N) is 1. The molecule has 0 radical (unpaired) electrons. The second-order valence-electron chi connectivity index (χ2n) is 4.76. The van der Waals surface area contributed by atoms with Gasteiger partial charge in [0.15, 0.2) is 0 Å². The van der Waals surface area contributed by atoms with E-state index in [2.05, 4.69) is 6.07 Å². The van der Waals surface area contributed by atoms with Gasteiger partial charge in [-0.05, 0) is 38.3 Å². The quantitative estimate of drug-likeness (QED) is 0.786. The summed E-state index contributed by atoms with van der Waals surface area (Å²) in [6, 6.07) is 6.03. The molecule has 1 aliphatic heterocycles. The lowest BCUT2D eigenvalue weighted by molar-refractivity contribution is -0.118. The monoisotopic (exact) mass is 233 g/mol. The Kier molecular flexibility index (Phi) is 3.36. The molecule has 1 aromatic rings. The molecule has 0 saturated carbocycles. The SMILES string of the molecule is CC(C)Oc1ccc2c(c1)N(C)C(=O)CCC2. The van der Waals surface area contributed by atoms with Gasteiger partial charge in [0.1, 0.15) is 5.75 Å². The van der Waals surface area contributed by atoms with Crippen LogP contribution in [0.4, 0.5) is 5.69 Å². The maximum Gasteiger partial charge on any atom is 0.226 e. The van der Waals surface area contributed by atoms with Crippen LogP contribution in [0.3, 0.4) is 0 Å². The van der Waals surface area contributed by atoms with Crippen molar-refractivity contribution < 1.29 is 9.53 Å². The van der Waals surface area contributed by atoms with E-state index in [4.69, 9.17) is 4.74 Å². The lowest BCUT2D eigenvalue weighted by Gasteiger charge is -2.19. The van der Waals surface area contributed by atoms with Crippen LogP contribution >= 0.6 is 0 Å². The first-order valence-electron chi connectivity index (χ1n) is 6.14. The van der Waals surface area contributed by atoms with E-state index in [9.17, 15) is 4.79 Å². The van der Waals surface area contributed by atoms with Crippen LogP contribution in [0.2, 0.25) is 0 Å². The minimum absolute atomic E-state index is 0.153. The summed E-state index contributed by atoms with van der Waals surface area (Å²) in [5, 5.41) is 0. The molecule has 0 fully saturated rings. The van der Waals surface area contributed by atoms with Gasteiger partial charge in [0.05, 0.1) is 11.8 Å². The molecule has 17 heavy (non-hydrogen) atoms. The van der Waals surface area contributed by atoms with Gasteiger partial charge in [-0.25, -0.2) is 0 Å². The Morgan fingerprint density at radius 2 is 2.06 bits per heavy atom. The summed E-state index contributed by atoms with van der Waals surface area (Å²) in [6.45, 7) is 4.00. The topological polar surface area (TPSA) is 29.5 Å². The molecular weight excluding hydrogens is 214 g/mol. The first-order chi connectivity index (χ1) is 8.08. The van der Waals surface area contributed by atoms with Crippen LogP contribution in [0.1, 0.15) is 32.3 Å². The van der Waals surface area contributed by atoms with E-state index in [0.29, 0.717) is 6.42 Å². The van der Waals surface area contributed by atoms with Gasteiger partial charge >= 0.3 is 0 Å². The molecule has 0 spiro atoms. The fourth-order valence-corrected chi connectivity index (χ4v) is 2.14. The van der Waals surface area contributed by atoms with Crippen LogP contribution < -0.4 is 9.64 Å². The number of anilines is 1. The van der Waals surface area contributed by atoms with Crippen LogP contribution in [0.5, 0.6) is 5.75 Å². The third-order valence-corrected chi connectivity index (χ3v) is 3.00. The molecule has 1 amide bonds. The average Bonchev–Trinajstić information content (AvgIpc) is 2.40. The number of rotatable bonds is 2. The molecule has 1 aliphatic rings. The van der Waals surface area contributed by atoms with E-state index in [1.807, 2.05) is 33.0 Å². The zero-order valence-corrected chi connectivity index (χ0v) is 10.7. The second-order valence-corrected chi connectivity index (χ2v) is 4.76. The van der Waals surface area contributed by atoms with Gasteiger partial charge in [-0.2, -0.15) is 0 Å². The van der Waals surface area contributed by atoms with Crippen molar-refractivity contribution in [2.45, 2.75) is 39.2 Å². The van der Waals surface area contributed by atoms with E-state index in [-0.39, 0.29) is 12.0 Å². The van der Waals surface area contributed by atoms with Crippen LogP contribution in [0.25, 0.3) is 0 Å². The number of amides is 1. The van der Waals surface area contributed by atoms with Gasteiger partial charge in [0.2, 0.25) is 5.91 Å². The minimum atomic E-state index is 0.153. The number of fused-ring (bicyclic) bond motifs is 1. The predicted molar refractivity (Wildman–Crippen MR) is 68.6 cm³/mol. The minimum Gasteiger partial charge on any atom is -0.491 e. The van der Waals surface area contributed by atoms with Crippen LogP contribution in [0, 0.1) is 0 Å². The number of aryl methyl sites for hydroxylation is 1. The standard InChI is InChI=1S/C14H19NO2/c1-10(2)17-12-8-7-11-5-4-6-14(16)15(3)13(11)9-12/h7-10H,4-6H2,1-3H3. The van der Waals surface area contributed by atoms with Crippen LogP contribution in [-0.2, 0) is 11.2 Å². The fourth-order valence-electron chi connectivity index (χ4n) is 2.14. The molecule has 1 heterocycles. The van der Waals surface area contributed by atoms with Gasteiger partial charge in [-0.1, -0.05) is 6.07 Å². The maximum absolute atomic E-state index is 11.8. The molecular formula is C14H19NO2. The Morgan fingerprint density at radius 3 is 2.76 bits per heavy atom. The predicted octanol–water partition coefficient (Wildman–Crippen LogP) is 2.77. The Labute approximate surface area is 102 Å². The van der Waals surface area contributed by atoms with Gasteiger partial charge in [0.25, 0.3) is 0 Å². The molecule has 0 saturated heterocycles. The Morgan fingerprint density at radius 1 is 1.29 bits per heavy atom. The molecule has 3 heteroatoms. The highest BCUT2D eigenvalue weighted by molar-refractivity contribution is 5.94. The fraction of sp³-hybridized carbons (Fsp3) is 0.500. The summed E-state index contributed by atoms with van der Waals surface area (Å²) in [7, 11) is 1.84. The van der Waals surface area contributed by atoms with E-state index >= 15 is 0 Å². The number of hydrogen-bond donors (Lipinski definition) is 0. The lowest BCUT2D eigenvalue weighted by Crippen LogP contribution is -2.25. The molecule has 0 unspecified atom stereocenters. The molecule has 0 bridgehead atoms. The van der Waals surface area contributed by atoms with E-state index in [1.54, 1.807) is 4.90 Å². The van der Waals surface area contributed by atoms with Gasteiger partial charge in [-0.3, -0.25) is 4.79 Å². The largest absolute Gasteiger partial charge is 0.491 e. The van der Waals surface area contributed by atoms with Crippen molar-refractivity contribution in [2.75, 3.05) is 11.9 Å². The van der Waals surface area contributed by atoms with Crippen molar-refractivity contribution in [2.24, 2.45) is 0 Å². The molecule has 3 nitrogen and oxygen atoms in total. The molecule has 0 aromatic heterocycles. The normalized spacial score (nSPS) is 15.8. The Hall–Kier alpha value is -1.51. The van der Waals surface area contributed by atoms with Crippen molar-refractivity contribution in [1.82, 2.24) is 0 Å². The Balaban J connectivity index is 2.35. The number of carbonyl (C=O) groups excluding carboxylic acids is 1. The summed E-state index contributed by atoms with van der Waals surface area (Å²) in [4.78, 5) is 13.5. The van der Waals surface area contributed by atoms with Crippen LogP contribution in [-0.4, -0.2) is 19.1 Å². The highest BCUT2D eigenvalue weighted by Gasteiger charge is 2.19. The highest BCUT2D eigenvalue weighted by Crippen LogP contribution is 2.30. The summed E-state index contributed by atoms with van der Waals surface area (Å²) < 4.78 is 5.67. The first-order valence-corrected chi connectivity index (χ1v) is 6.14. The van der Waals surface area contributed by atoms with E-state index in [0.717, 1.165) is 24.3 Å². The lowest BCUT2D eigenvalue weighted by atomic mass is 10.1. The summed E-state index contributed by atoms with van der Waals surface area (Å²) in [5.41, 5.74) is 2.22. The van der Waals surface area contributed by atoms with Crippen molar-refractivity contribution in [3.05, 3.63) is 23.8 Å². The van der Waals surface area contributed by atoms with Gasteiger partial charge in [0, 0.05) is 19.5 Å². The highest BCUT2D eigenvalue weighted by atomic mass is 16.5. The first kappa shape index (κ1) is 12.0. The zero-order chi connectivity index (χ0) is 12.4. The third-order valence-electron chi connectivity index (χ3n) is 3.00. The molecule has 0 aliphatic carbocycles. The zero-order valence-electron chi connectivity index (χ0n) is 10.7. The Bertz CT molecular complexity index is 426. The van der Waals surface area contributed by atoms with Crippen molar-refractivity contribution >= 4 is 11.6 Å². The van der Waals surface area contributed by atoms with Gasteiger partial charge < -0.3 is 9.64 Å². The second kappa shape index (κ2) is 4.78. The number of ether oxygens (including phenoxy) is 1. The molecule has 0 N–H and O–H groups in total. The molecule has 1 aromatic carbocycles. The smallest absolute Gasteiger partial charge is 0.226 e. The average molecular weight is 233 g/mol. The molecule has 92 valence electrons.